The van der Waals surface area contributed by atoms with Gasteiger partial charge in [-0.2, -0.15) is 0 Å². The lowest BCUT2D eigenvalue weighted by Crippen LogP contribution is -2.32. The van der Waals surface area contributed by atoms with E-state index in [1.165, 1.54) is 4.31 Å². The van der Waals surface area contributed by atoms with Gasteiger partial charge >= 0.3 is 0 Å². The highest BCUT2D eigenvalue weighted by atomic mass is 32.2. The van der Waals surface area contributed by atoms with Crippen molar-refractivity contribution in [2.75, 3.05) is 21.9 Å². The summed E-state index contributed by atoms with van der Waals surface area (Å²) < 4.78 is 25.7. The second kappa shape index (κ2) is 10.2. The van der Waals surface area contributed by atoms with E-state index < -0.39 is 10.0 Å². The highest BCUT2D eigenvalue weighted by molar-refractivity contribution is 7.92. The summed E-state index contributed by atoms with van der Waals surface area (Å²) in [5.74, 6) is -0.635. The van der Waals surface area contributed by atoms with E-state index in [9.17, 15) is 18.0 Å². The van der Waals surface area contributed by atoms with Gasteiger partial charge in [-0.3, -0.25) is 13.9 Å². The molecule has 0 spiro atoms. The molecule has 8 heteroatoms. The van der Waals surface area contributed by atoms with Crippen molar-refractivity contribution in [2.24, 2.45) is 0 Å². The Labute approximate surface area is 178 Å². The van der Waals surface area contributed by atoms with E-state index in [-0.39, 0.29) is 23.6 Å². The van der Waals surface area contributed by atoms with Crippen LogP contribution in [0.2, 0.25) is 0 Å². The van der Waals surface area contributed by atoms with Gasteiger partial charge < -0.3 is 10.6 Å². The van der Waals surface area contributed by atoms with E-state index in [1.807, 2.05) is 13.8 Å². The Morgan fingerprint density at radius 1 is 0.967 bits per heavy atom. The zero-order valence-corrected chi connectivity index (χ0v) is 18.6. The van der Waals surface area contributed by atoms with E-state index in [2.05, 4.69) is 10.6 Å². The van der Waals surface area contributed by atoms with Gasteiger partial charge in [-0.05, 0) is 63.6 Å². The quantitative estimate of drug-likeness (QED) is 0.634. The lowest BCUT2D eigenvalue weighted by atomic mass is 10.1. The van der Waals surface area contributed by atoms with Crippen LogP contribution in [0.1, 0.15) is 54.8 Å². The minimum absolute atomic E-state index is 0.00141. The molecule has 0 aromatic heterocycles. The molecule has 30 heavy (non-hydrogen) atoms. The third kappa shape index (κ3) is 5.60. The number of benzene rings is 2. The Hall–Kier alpha value is -2.87. The summed E-state index contributed by atoms with van der Waals surface area (Å²) in [5, 5.41) is 5.66. The maximum absolute atomic E-state index is 12.7. The molecule has 2 amide bonds. The number of nitrogens with one attached hydrogen (secondary N) is 2. The molecular formula is C22H29N3O4S. The predicted octanol–water partition coefficient (Wildman–Crippen LogP) is 3.64. The van der Waals surface area contributed by atoms with Crippen LogP contribution >= 0.6 is 0 Å². The maximum Gasteiger partial charge on any atom is 0.255 e. The normalized spacial score (nSPS) is 12.1. The van der Waals surface area contributed by atoms with Crippen LogP contribution < -0.4 is 14.9 Å². The molecule has 0 saturated heterocycles. The molecule has 0 radical (unpaired) electrons. The van der Waals surface area contributed by atoms with Crippen molar-refractivity contribution in [3.8, 4) is 0 Å². The van der Waals surface area contributed by atoms with Gasteiger partial charge in [0.1, 0.15) is 0 Å². The molecular weight excluding hydrogens is 402 g/mol. The Morgan fingerprint density at radius 2 is 1.60 bits per heavy atom. The molecule has 0 bridgehead atoms. The molecule has 2 aromatic carbocycles. The van der Waals surface area contributed by atoms with Crippen molar-refractivity contribution in [1.29, 1.82) is 0 Å². The fourth-order valence-corrected chi connectivity index (χ4v) is 4.01. The standard InChI is InChI=1S/C22H29N3O4S/c1-5-16(4)23-22(27)19-10-8-9-11-20(19)24-21(26)17-12-14-18(15-13-17)25(6-2)30(28,29)7-3/h8-16H,5-7H2,1-4H3,(H,23,27)(H,24,26)/t16-/m0/s1. The van der Waals surface area contributed by atoms with Crippen LogP contribution in [0, 0.1) is 0 Å². The summed E-state index contributed by atoms with van der Waals surface area (Å²) in [6.07, 6.45) is 0.801. The first-order valence-electron chi connectivity index (χ1n) is 10.0. The SMILES string of the molecule is CC[C@H](C)NC(=O)c1ccccc1NC(=O)c1ccc(N(CC)S(=O)(=O)CC)cc1. The van der Waals surface area contributed by atoms with Crippen molar-refractivity contribution >= 4 is 33.2 Å². The number of carbonyl (C=O) groups excluding carboxylic acids is 2. The van der Waals surface area contributed by atoms with E-state index >= 15 is 0 Å². The number of hydrogen-bond acceptors (Lipinski definition) is 4. The van der Waals surface area contributed by atoms with Gasteiger partial charge in [-0.25, -0.2) is 8.42 Å². The molecule has 0 heterocycles. The molecule has 0 aliphatic rings. The topological polar surface area (TPSA) is 95.6 Å². The lowest BCUT2D eigenvalue weighted by molar-refractivity contribution is 0.0940. The predicted molar refractivity (Wildman–Crippen MR) is 121 cm³/mol. The molecule has 2 N–H and O–H groups in total. The van der Waals surface area contributed by atoms with Crippen LogP contribution in [0.5, 0.6) is 0 Å². The number of nitrogens with zero attached hydrogens (tertiary/aromatic N) is 1. The molecule has 0 fully saturated rings. The lowest BCUT2D eigenvalue weighted by Gasteiger charge is -2.22. The monoisotopic (exact) mass is 431 g/mol. The number of amides is 2. The minimum Gasteiger partial charge on any atom is -0.350 e. The molecule has 1 atom stereocenters. The Kier molecular flexibility index (Phi) is 8.00. The first-order valence-corrected chi connectivity index (χ1v) is 11.7. The van der Waals surface area contributed by atoms with Crippen molar-refractivity contribution in [1.82, 2.24) is 5.32 Å². The molecule has 2 rings (SSSR count). The van der Waals surface area contributed by atoms with Gasteiger partial charge in [0.05, 0.1) is 22.7 Å². The summed E-state index contributed by atoms with van der Waals surface area (Å²) in [5.41, 5.74) is 1.66. The second-order valence-electron chi connectivity index (χ2n) is 6.89. The Balaban J connectivity index is 2.21. The summed E-state index contributed by atoms with van der Waals surface area (Å²) >= 11 is 0. The fraction of sp³-hybridized carbons (Fsp3) is 0.364. The van der Waals surface area contributed by atoms with E-state index in [1.54, 1.807) is 62.4 Å². The number of carbonyl (C=O) groups is 2. The van der Waals surface area contributed by atoms with Gasteiger partial charge in [0.2, 0.25) is 10.0 Å². The van der Waals surface area contributed by atoms with Gasteiger partial charge in [0.15, 0.2) is 0 Å². The van der Waals surface area contributed by atoms with Crippen LogP contribution in [-0.2, 0) is 10.0 Å². The number of sulfonamides is 1. The average Bonchev–Trinajstić information content (AvgIpc) is 2.74. The largest absolute Gasteiger partial charge is 0.350 e. The van der Waals surface area contributed by atoms with Crippen LogP contribution in [-0.4, -0.2) is 38.6 Å². The number of rotatable bonds is 9. The highest BCUT2D eigenvalue weighted by Gasteiger charge is 2.19. The Morgan fingerprint density at radius 3 is 2.17 bits per heavy atom. The maximum atomic E-state index is 12.7. The molecule has 0 aliphatic carbocycles. The van der Waals surface area contributed by atoms with Gasteiger partial charge in [0.25, 0.3) is 11.8 Å². The zero-order chi connectivity index (χ0) is 22.3. The highest BCUT2D eigenvalue weighted by Crippen LogP contribution is 2.21. The van der Waals surface area contributed by atoms with Crippen LogP contribution in [0.15, 0.2) is 48.5 Å². The number of anilines is 2. The first-order chi connectivity index (χ1) is 14.2. The van der Waals surface area contributed by atoms with Gasteiger partial charge in [0, 0.05) is 18.2 Å². The third-order valence-corrected chi connectivity index (χ3v) is 6.69. The van der Waals surface area contributed by atoms with Crippen molar-refractivity contribution in [3.05, 3.63) is 59.7 Å². The van der Waals surface area contributed by atoms with E-state index in [4.69, 9.17) is 0 Å². The summed E-state index contributed by atoms with van der Waals surface area (Å²) in [7, 11) is -3.38. The van der Waals surface area contributed by atoms with Crippen molar-refractivity contribution < 1.29 is 18.0 Å². The van der Waals surface area contributed by atoms with Crippen molar-refractivity contribution in [2.45, 2.75) is 40.2 Å². The minimum atomic E-state index is -3.38. The van der Waals surface area contributed by atoms with E-state index in [0.29, 0.717) is 29.0 Å². The molecule has 0 aliphatic heterocycles. The van der Waals surface area contributed by atoms with Crippen LogP contribution in [0.4, 0.5) is 11.4 Å². The van der Waals surface area contributed by atoms with Crippen LogP contribution in [0.25, 0.3) is 0 Å². The number of para-hydroxylation sites is 1. The van der Waals surface area contributed by atoms with Crippen molar-refractivity contribution in [3.63, 3.8) is 0 Å². The average molecular weight is 432 g/mol. The molecule has 162 valence electrons. The van der Waals surface area contributed by atoms with Gasteiger partial charge in [-0.1, -0.05) is 19.1 Å². The van der Waals surface area contributed by atoms with Gasteiger partial charge in [-0.15, -0.1) is 0 Å². The third-order valence-electron chi connectivity index (χ3n) is 4.82. The molecule has 7 nitrogen and oxygen atoms in total. The smallest absolute Gasteiger partial charge is 0.255 e. The number of hydrogen-bond donors (Lipinski definition) is 2. The first kappa shape index (κ1) is 23.4. The van der Waals surface area contributed by atoms with E-state index in [0.717, 1.165) is 6.42 Å². The fourth-order valence-electron chi connectivity index (χ4n) is 2.86. The second-order valence-corrected chi connectivity index (χ2v) is 9.08. The Bertz CT molecular complexity index is 988. The molecule has 0 unspecified atom stereocenters. The molecule has 0 saturated carbocycles. The van der Waals surface area contributed by atoms with Crippen LogP contribution in [0.3, 0.4) is 0 Å². The summed E-state index contributed by atoms with van der Waals surface area (Å²) in [4.78, 5) is 25.2. The zero-order valence-electron chi connectivity index (χ0n) is 17.8. The summed E-state index contributed by atoms with van der Waals surface area (Å²) in [6, 6.07) is 13.2. The molecule has 2 aromatic rings. The summed E-state index contributed by atoms with van der Waals surface area (Å²) in [6.45, 7) is 7.55.